The summed E-state index contributed by atoms with van der Waals surface area (Å²) in [5, 5.41) is 10.1. The SMILES string of the molecule is O=C(C=C(O)C12CC3CC(CC(C3)C1)C2)C(F)F. The zero-order chi connectivity index (χ0) is 12.9. The molecule has 0 heterocycles. The van der Waals surface area contributed by atoms with Crippen LogP contribution in [-0.2, 0) is 4.79 Å². The smallest absolute Gasteiger partial charge is 0.300 e. The third-order valence-corrected chi connectivity index (χ3v) is 5.08. The lowest BCUT2D eigenvalue weighted by Gasteiger charge is -2.56. The topological polar surface area (TPSA) is 37.3 Å². The molecule has 4 bridgehead atoms. The van der Waals surface area contributed by atoms with Crippen molar-refractivity contribution >= 4 is 5.78 Å². The predicted octanol–water partition coefficient (Wildman–Crippen LogP) is 3.48. The third kappa shape index (κ3) is 1.86. The lowest BCUT2D eigenvalue weighted by molar-refractivity contribution is -0.125. The summed E-state index contributed by atoms with van der Waals surface area (Å²) in [5.74, 6) is 0.519. The molecule has 0 aromatic carbocycles. The molecule has 18 heavy (non-hydrogen) atoms. The van der Waals surface area contributed by atoms with Crippen molar-refractivity contribution in [3.05, 3.63) is 11.8 Å². The Hall–Kier alpha value is -0.930. The van der Waals surface area contributed by atoms with E-state index >= 15 is 0 Å². The summed E-state index contributed by atoms with van der Waals surface area (Å²) in [5.41, 5.74) is -0.362. The number of hydrogen-bond donors (Lipinski definition) is 1. The number of aliphatic hydroxyl groups excluding tert-OH is 1. The molecule has 0 radical (unpaired) electrons. The number of hydrogen-bond acceptors (Lipinski definition) is 2. The van der Waals surface area contributed by atoms with Crippen LogP contribution in [0.15, 0.2) is 11.8 Å². The van der Waals surface area contributed by atoms with Crippen molar-refractivity contribution in [1.29, 1.82) is 0 Å². The zero-order valence-electron chi connectivity index (χ0n) is 10.2. The number of ketones is 1. The predicted molar refractivity (Wildman–Crippen MR) is 62.3 cm³/mol. The highest BCUT2D eigenvalue weighted by Crippen LogP contribution is 2.62. The van der Waals surface area contributed by atoms with Gasteiger partial charge in [-0.2, -0.15) is 0 Å². The Morgan fingerprint density at radius 2 is 1.56 bits per heavy atom. The van der Waals surface area contributed by atoms with Gasteiger partial charge < -0.3 is 5.11 Å². The van der Waals surface area contributed by atoms with Crippen LogP contribution in [0, 0.1) is 23.2 Å². The first-order chi connectivity index (χ1) is 8.48. The first-order valence-electron chi connectivity index (χ1n) is 6.72. The Labute approximate surface area is 105 Å². The Morgan fingerprint density at radius 3 is 1.94 bits per heavy atom. The van der Waals surface area contributed by atoms with Crippen LogP contribution in [0.3, 0.4) is 0 Å². The van der Waals surface area contributed by atoms with Gasteiger partial charge in [-0.15, -0.1) is 0 Å². The minimum absolute atomic E-state index is 0.0769. The number of aliphatic hydroxyl groups is 1. The highest BCUT2D eigenvalue weighted by atomic mass is 19.3. The van der Waals surface area contributed by atoms with E-state index in [2.05, 4.69) is 0 Å². The summed E-state index contributed by atoms with van der Waals surface area (Å²) < 4.78 is 24.5. The molecule has 1 N–H and O–H groups in total. The maximum absolute atomic E-state index is 12.3. The Bertz CT molecular complexity index is 365. The van der Waals surface area contributed by atoms with Crippen molar-refractivity contribution in [3.8, 4) is 0 Å². The molecular formula is C14H18F2O2. The van der Waals surface area contributed by atoms with E-state index in [9.17, 15) is 18.7 Å². The lowest BCUT2D eigenvalue weighted by Crippen LogP contribution is -2.47. The number of allylic oxidation sites excluding steroid dienone is 2. The molecule has 0 aliphatic heterocycles. The Balaban J connectivity index is 1.85. The highest BCUT2D eigenvalue weighted by Gasteiger charge is 2.53. The van der Waals surface area contributed by atoms with E-state index in [-0.39, 0.29) is 11.2 Å². The number of halogens is 2. The zero-order valence-corrected chi connectivity index (χ0v) is 10.2. The van der Waals surface area contributed by atoms with E-state index in [1.54, 1.807) is 0 Å². The van der Waals surface area contributed by atoms with Crippen molar-refractivity contribution < 1.29 is 18.7 Å². The van der Waals surface area contributed by atoms with Crippen molar-refractivity contribution in [2.24, 2.45) is 23.2 Å². The molecule has 0 atom stereocenters. The number of rotatable bonds is 3. The Morgan fingerprint density at radius 1 is 1.11 bits per heavy atom. The van der Waals surface area contributed by atoms with Gasteiger partial charge in [-0.1, -0.05) is 0 Å². The summed E-state index contributed by atoms with van der Waals surface area (Å²) in [6.45, 7) is 0. The molecule has 4 rings (SSSR count). The van der Waals surface area contributed by atoms with Crippen LogP contribution in [0.2, 0.25) is 0 Å². The van der Waals surface area contributed by atoms with Crippen LogP contribution >= 0.6 is 0 Å². The van der Waals surface area contributed by atoms with Crippen molar-refractivity contribution in [1.82, 2.24) is 0 Å². The van der Waals surface area contributed by atoms with Gasteiger partial charge >= 0.3 is 0 Å². The average Bonchev–Trinajstić information content (AvgIpc) is 2.26. The maximum Gasteiger partial charge on any atom is 0.300 e. The molecular weight excluding hydrogens is 238 g/mol. The van der Waals surface area contributed by atoms with Crippen LogP contribution in [0.1, 0.15) is 38.5 Å². The minimum Gasteiger partial charge on any atom is -0.512 e. The first kappa shape index (κ1) is 12.1. The monoisotopic (exact) mass is 256 g/mol. The molecule has 0 saturated heterocycles. The second kappa shape index (κ2) is 4.04. The fourth-order valence-corrected chi connectivity index (χ4v) is 4.78. The van der Waals surface area contributed by atoms with E-state index < -0.39 is 12.2 Å². The van der Waals surface area contributed by atoms with Crippen LogP contribution in [0.25, 0.3) is 0 Å². The van der Waals surface area contributed by atoms with Gasteiger partial charge in [0.15, 0.2) is 0 Å². The lowest BCUT2D eigenvalue weighted by atomic mass is 9.49. The quantitative estimate of drug-likeness (QED) is 0.620. The van der Waals surface area contributed by atoms with E-state index in [0.717, 1.165) is 25.3 Å². The summed E-state index contributed by atoms with van der Waals surface area (Å²) in [7, 11) is 0. The van der Waals surface area contributed by atoms with Crippen LogP contribution in [0.4, 0.5) is 8.78 Å². The van der Waals surface area contributed by atoms with E-state index in [1.807, 2.05) is 0 Å². The molecule has 4 aliphatic carbocycles. The van der Waals surface area contributed by atoms with Crippen molar-refractivity contribution in [3.63, 3.8) is 0 Å². The third-order valence-electron chi connectivity index (χ3n) is 5.08. The van der Waals surface area contributed by atoms with Gasteiger partial charge in [0.25, 0.3) is 6.43 Å². The molecule has 0 spiro atoms. The number of carbonyl (C=O) groups is 1. The van der Waals surface area contributed by atoms with E-state index in [4.69, 9.17) is 0 Å². The molecule has 4 heteroatoms. The van der Waals surface area contributed by atoms with Crippen LogP contribution < -0.4 is 0 Å². The number of alkyl halides is 2. The molecule has 4 saturated carbocycles. The van der Waals surface area contributed by atoms with E-state index in [0.29, 0.717) is 17.8 Å². The molecule has 2 nitrogen and oxygen atoms in total. The molecule has 0 aromatic heterocycles. The molecule has 0 amide bonds. The summed E-state index contributed by atoms with van der Waals surface area (Å²) >= 11 is 0. The minimum atomic E-state index is -3.01. The van der Waals surface area contributed by atoms with Gasteiger partial charge in [0.1, 0.15) is 5.76 Å². The fourth-order valence-electron chi connectivity index (χ4n) is 4.78. The van der Waals surface area contributed by atoms with Gasteiger partial charge in [0, 0.05) is 11.5 Å². The summed E-state index contributed by atoms with van der Waals surface area (Å²) in [4.78, 5) is 11.1. The molecule has 100 valence electrons. The maximum atomic E-state index is 12.3. The number of carbonyl (C=O) groups excluding carboxylic acids is 1. The molecule has 4 fully saturated rings. The van der Waals surface area contributed by atoms with Crippen LogP contribution in [0.5, 0.6) is 0 Å². The van der Waals surface area contributed by atoms with Crippen LogP contribution in [-0.4, -0.2) is 17.3 Å². The van der Waals surface area contributed by atoms with Gasteiger partial charge in [-0.3, -0.25) is 4.79 Å². The summed E-state index contributed by atoms with van der Waals surface area (Å²) in [6, 6.07) is 0. The van der Waals surface area contributed by atoms with E-state index in [1.165, 1.54) is 19.3 Å². The van der Waals surface area contributed by atoms with Crippen molar-refractivity contribution in [2.75, 3.05) is 0 Å². The van der Waals surface area contributed by atoms with Gasteiger partial charge in [-0.25, -0.2) is 8.78 Å². The molecule has 0 aromatic rings. The second-order valence-corrected chi connectivity index (χ2v) is 6.43. The normalized spacial score (nSPS) is 42.6. The average molecular weight is 256 g/mol. The van der Waals surface area contributed by atoms with Gasteiger partial charge in [0.05, 0.1) is 0 Å². The highest BCUT2D eigenvalue weighted by molar-refractivity contribution is 5.92. The molecule has 0 unspecified atom stereocenters. The largest absolute Gasteiger partial charge is 0.512 e. The first-order valence-corrected chi connectivity index (χ1v) is 6.72. The Kier molecular flexibility index (Phi) is 2.72. The molecule has 4 aliphatic rings. The second-order valence-electron chi connectivity index (χ2n) is 6.43. The fraction of sp³-hybridized carbons (Fsp3) is 0.786. The van der Waals surface area contributed by atoms with Gasteiger partial charge in [0.2, 0.25) is 5.78 Å². The standard InChI is InChI=1S/C14H18F2O2/c15-13(16)11(17)4-12(18)14-5-8-1-9(6-14)3-10(2-8)7-14/h4,8-10,13,18H,1-3,5-7H2. The summed E-state index contributed by atoms with van der Waals surface area (Å²) in [6.07, 6.45) is 4.05. The van der Waals surface area contributed by atoms with Gasteiger partial charge in [-0.05, 0) is 56.3 Å². The van der Waals surface area contributed by atoms with Crippen molar-refractivity contribution in [2.45, 2.75) is 45.0 Å².